The van der Waals surface area contributed by atoms with Gasteiger partial charge in [0.15, 0.2) is 0 Å². The van der Waals surface area contributed by atoms with Crippen molar-refractivity contribution in [2.75, 3.05) is 10.8 Å². The number of anilines is 1. The van der Waals surface area contributed by atoms with Gasteiger partial charge in [-0.3, -0.25) is 4.31 Å². The Balaban J connectivity index is 2.17. The molecule has 5 nitrogen and oxygen atoms in total. The Hall–Kier alpha value is -2.02. The molecule has 0 aliphatic rings. The molecule has 0 unspecified atom stereocenters. The number of aromatic nitrogens is 2. The van der Waals surface area contributed by atoms with Gasteiger partial charge in [-0.15, -0.1) is 0 Å². The van der Waals surface area contributed by atoms with Gasteiger partial charge in [-0.25, -0.2) is 13.1 Å². The monoisotopic (exact) mass is 423 g/mol. The third kappa shape index (κ3) is 4.29. The molecular formula is C19H19Cl2N3O2S. The lowest BCUT2D eigenvalue weighted by Gasteiger charge is -2.26. The summed E-state index contributed by atoms with van der Waals surface area (Å²) >= 11 is 12.2. The molecule has 3 aromatic rings. The first-order chi connectivity index (χ1) is 12.9. The fraction of sp³-hybridized carbons (Fsp3) is 0.211. The fourth-order valence-corrected chi connectivity index (χ4v) is 4.56. The van der Waals surface area contributed by atoms with E-state index >= 15 is 0 Å². The van der Waals surface area contributed by atoms with Crippen LogP contribution in [0.5, 0.6) is 0 Å². The summed E-state index contributed by atoms with van der Waals surface area (Å²) in [6.07, 6.45) is 4.68. The van der Waals surface area contributed by atoms with Gasteiger partial charge >= 0.3 is 0 Å². The average Bonchev–Trinajstić information content (AvgIpc) is 3.10. The second-order valence-corrected chi connectivity index (χ2v) is 8.72. The molecule has 0 spiro atoms. The van der Waals surface area contributed by atoms with E-state index in [9.17, 15) is 8.42 Å². The van der Waals surface area contributed by atoms with Crippen LogP contribution in [0.3, 0.4) is 0 Å². The van der Waals surface area contributed by atoms with E-state index in [-0.39, 0.29) is 4.90 Å². The SMILES string of the molecule is CCCCN(c1ccc(Cl)cc1-n1cc(Cl)cn1)S(=O)(=O)c1ccccc1. The summed E-state index contributed by atoms with van der Waals surface area (Å²) in [6.45, 7) is 2.36. The number of rotatable bonds is 7. The van der Waals surface area contributed by atoms with E-state index < -0.39 is 10.0 Å². The van der Waals surface area contributed by atoms with E-state index in [1.807, 2.05) is 6.92 Å². The summed E-state index contributed by atoms with van der Waals surface area (Å²) < 4.78 is 29.6. The number of sulfonamides is 1. The van der Waals surface area contributed by atoms with Crippen LogP contribution in [-0.4, -0.2) is 24.7 Å². The van der Waals surface area contributed by atoms with Crippen molar-refractivity contribution >= 4 is 38.9 Å². The van der Waals surface area contributed by atoms with Gasteiger partial charge < -0.3 is 0 Å². The zero-order valence-corrected chi connectivity index (χ0v) is 17.0. The maximum Gasteiger partial charge on any atom is 0.264 e. The highest BCUT2D eigenvalue weighted by Crippen LogP contribution is 2.32. The van der Waals surface area contributed by atoms with Crippen LogP contribution >= 0.6 is 23.2 Å². The largest absolute Gasteiger partial charge is 0.264 e. The molecule has 0 atom stereocenters. The Labute approximate surface area is 169 Å². The molecule has 142 valence electrons. The van der Waals surface area contributed by atoms with E-state index in [1.165, 1.54) is 15.2 Å². The molecular weight excluding hydrogens is 405 g/mol. The minimum atomic E-state index is -3.75. The average molecular weight is 424 g/mol. The number of hydrogen-bond donors (Lipinski definition) is 0. The van der Waals surface area contributed by atoms with Crippen LogP contribution in [0.2, 0.25) is 10.0 Å². The molecule has 8 heteroatoms. The molecule has 0 fully saturated rings. The standard InChI is InChI=1S/C19H19Cl2N3O2S/c1-2-3-11-24(27(25,26)17-7-5-4-6-8-17)18-10-9-15(20)12-19(18)23-14-16(21)13-22-23/h4-10,12-14H,2-3,11H2,1H3. The smallest absolute Gasteiger partial charge is 0.264 e. The molecule has 0 bridgehead atoms. The molecule has 0 amide bonds. The van der Waals surface area contributed by atoms with Crippen molar-refractivity contribution in [3.8, 4) is 5.69 Å². The quantitative estimate of drug-likeness (QED) is 0.526. The van der Waals surface area contributed by atoms with E-state index in [2.05, 4.69) is 5.10 Å². The molecule has 0 N–H and O–H groups in total. The van der Waals surface area contributed by atoms with Gasteiger partial charge in [0.05, 0.1) is 27.5 Å². The minimum absolute atomic E-state index is 0.237. The van der Waals surface area contributed by atoms with Crippen molar-refractivity contribution < 1.29 is 8.42 Å². The Kier molecular flexibility index (Phi) is 6.09. The molecule has 3 rings (SSSR count). The lowest BCUT2D eigenvalue weighted by molar-refractivity contribution is 0.588. The highest BCUT2D eigenvalue weighted by Gasteiger charge is 2.27. The number of benzene rings is 2. The first-order valence-electron chi connectivity index (χ1n) is 8.51. The highest BCUT2D eigenvalue weighted by atomic mass is 35.5. The lowest BCUT2D eigenvalue weighted by atomic mass is 10.2. The van der Waals surface area contributed by atoms with Crippen molar-refractivity contribution in [1.82, 2.24) is 9.78 Å². The lowest BCUT2D eigenvalue weighted by Crippen LogP contribution is -2.33. The van der Waals surface area contributed by atoms with E-state index in [0.29, 0.717) is 34.4 Å². The predicted molar refractivity (Wildman–Crippen MR) is 109 cm³/mol. The van der Waals surface area contributed by atoms with Crippen molar-refractivity contribution in [1.29, 1.82) is 0 Å². The Bertz CT molecular complexity index is 1020. The summed E-state index contributed by atoms with van der Waals surface area (Å²) in [4.78, 5) is 0.237. The van der Waals surface area contributed by atoms with E-state index in [1.54, 1.807) is 54.7 Å². The molecule has 2 aromatic carbocycles. The Morgan fingerprint density at radius 1 is 1.07 bits per heavy atom. The van der Waals surface area contributed by atoms with Crippen LogP contribution in [0.4, 0.5) is 5.69 Å². The summed E-state index contributed by atoms with van der Waals surface area (Å²) in [5.74, 6) is 0. The topological polar surface area (TPSA) is 55.2 Å². The minimum Gasteiger partial charge on any atom is -0.264 e. The van der Waals surface area contributed by atoms with E-state index in [0.717, 1.165) is 6.42 Å². The van der Waals surface area contributed by atoms with Crippen LogP contribution in [-0.2, 0) is 10.0 Å². The van der Waals surface area contributed by atoms with Crippen LogP contribution in [0.15, 0.2) is 65.8 Å². The molecule has 0 saturated heterocycles. The maximum absolute atomic E-state index is 13.3. The molecule has 0 aliphatic heterocycles. The van der Waals surface area contributed by atoms with Gasteiger partial charge in [0.2, 0.25) is 0 Å². The molecule has 0 saturated carbocycles. The summed E-state index contributed by atoms with van der Waals surface area (Å²) in [5, 5.41) is 5.14. The highest BCUT2D eigenvalue weighted by molar-refractivity contribution is 7.92. The first kappa shape index (κ1) is 19.7. The summed E-state index contributed by atoms with van der Waals surface area (Å²) in [7, 11) is -3.75. The number of nitrogens with zero attached hydrogens (tertiary/aromatic N) is 3. The number of unbranched alkanes of at least 4 members (excludes halogenated alkanes) is 1. The van der Waals surface area contributed by atoms with Crippen molar-refractivity contribution in [3.63, 3.8) is 0 Å². The van der Waals surface area contributed by atoms with Gasteiger partial charge in [-0.1, -0.05) is 54.7 Å². The maximum atomic E-state index is 13.3. The molecule has 1 heterocycles. The summed E-state index contributed by atoms with van der Waals surface area (Å²) in [6, 6.07) is 13.4. The third-order valence-corrected chi connectivity index (χ3v) is 6.31. The second-order valence-electron chi connectivity index (χ2n) is 5.98. The zero-order valence-electron chi connectivity index (χ0n) is 14.7. The van der Waals surface area contributed by atoms with Gasteiger partial charge in [0.25, 0.3) is 10.0 Å². The van der Waals surface area contributed by atoms with Crippen molar-refractivity contribution in [2.45, 2.75) is 24.7 Å². The molecule has 27 heavy (non-hydrogen) atoms. The number of hydrogen-bond acceptors (Lipinski definition) is 3. The van der Waals surface area contributed by atoms with Crippen LogP contribution in [0, 0.1) is 0 Å². The van der Waals surface area contributed by atoms with Gasteiger partial charge in [-0.05, 0) is 36.8 Å². The fourth-order valence-electron chi connectivity index (χ4n) is 2.72. The molecule has 0 radical (unpaired) electrons. The van der Waals surface area contributed by atoms with Gasteiger partial charge in [0.1, 0.15) is 0 Å². The number of halogens is 2. The second kappa shape index (κ2) is 8.33. The van der Waals surface area contributed by atoms with Crippen molar-refractivity contribution in [3.05, 3.63) is 71.0 Å². The Morgan fingerprint density at radius 2 is 1.81 bits per heavy atom. The third-order valence-electron chi connectivity index (χ3n) is 4.05. The first-order valence-corrected chi connectivity index (χ1v) is 10.7. The van der Waals surface area contributed by atoms with Crippen LogP contribution in [0.25, 0.3) is 5.69 Å². The van der Waals surface area contributed by atoms with Crippen LogP contribution < -0.4 is 4.31 Å². The van der Waals surface area contributed by atoms with Crippen molar-refractivity contribution in [2.24, 2.45) is 0 Å². The van der Waals surface area contributed by atoms with Gasteiger partial charge in [0, 0.05) is 17.8 Å². The molecule has 1 aromatic heterocycles. The predicted octanol–water partition coefficient (Wildman–Crippen LogP) is 5.17. The van der Waals surface area contributed by atoms with E-state index in [4.69, 9.17) is 23.2 Å². The van der Waals surface area contributed by atoms with Gasteiger partial charge in [-0.2, -0.15) is 5.10 Å². The molecule has 0 aliphatic carbocycles. The zero-order chi connectivity index (χ0) is 19.4. The summed E-state index contributed by atoms with van der Waals surface area (Å²) in [5.41, 5.74) is 1.04. The van der Waals surface area contributed by atoms with Crippen LogP contribution in [0.1, 0.15) is 19.8 Å². The normalized spacial score (nSPS) is 11.5. The Morgan fingerprint density at radius 3 is 2.44 bits per heavy atom.